The Morgan fingerprint density at radius 3 is 2.29 bits per heavy atom. The lowest BCUT2D eigenvalue weighted by atomic mass is 9.99. The van der Waals surface area contributed by atoms with Gasteiger partial charge in [0.1, 0.15) is 6.04 Å². The van der Waals surface area contributed by atoms with E-state index in [2.05, 4.69) is 5.32 Å². The van der Waals surface area contributed by atoms with Gasteiger partial charge in [0.25, 0.3) is 0 Å². The van der Waals surface area contributed by atoms with Crippen molar-refractivity contribution < 1.29 is 14.7 Å². The number of carboxylic acid groups (broad SMARTS) is 1. The first-order valence-corrected chi connectivity index (χ1v) is 4.20. The molecule has 1 unspecified atom stereocenters. The topological polar surface area (TPSA) is 66.4 Å². The molecule has 1 rings (SSSR count). The van der Waals surface area contributed by atoms with Crippen LogP contribution in [0.4, 0.5) is 0 Å². The standard InChI is InChI=1S/C10H11NO3/c12-7-11-9(10(13)14)8-5-3-1-2-4-6-8/h1-9H,(H,11,12)(H,13,14). The number of carbonyl (C=O) groups excluding carboxylic acids is 1. The number of aliphatic carboxylic acids is 1. The summed E-state index contributed by atoms with van der Waals surface area (Å²) < 4.78 is 0. The van der Waals surface area contributed by atoms with Crippen molar-refractivity contribution in [2.75, 3.05) is 0 Å². The van der Waals surface area contributed by atoms with Gasteiger partial charge in [-0.2, -0.15) is 0 Å². The minimum absolute atomic E-state index is 0.312. The Hall–Kier alpha value is -1.84. The van der Waals surface area contributed by atoms with Gasteiger partial charge in [0.05, 0.1) is 0 Å². The highest BCUT2D eigenvalue weighted by atomic mass is 16.4. The molecule has 4 nitrogen and oxygen atoms in total. The number of hydrogen-bond donors (Lipinski definition) is 2. The number of hydrogen-bond acceptors (Lipinski definition) is 2. The minimum Gasteiger partial charge on any atom is -0.480 e. The first kappa shape index (κ1) is 10.2. The third-order valence-corrected chi connectivity index (χ3v) is 1.90. The minimum atomic E-state index is -1.04. The summed E-state index contributed by atoms with van der Waals surface area (Å²) in [4.78, 5) is 21.0. The van der Waals surface area contributed by atoms with Crippen molar-refractivity contribution in [1.82, 2.24) is 5.32 Å². The molecule has 0 saturated carbocycles. The third kappa shape index (κ3) is 2.58. The fourth-order valence-corrected chi connectivity index (χ4v) is 1.22. The molecule has 1 atom stereocenters. The van der Waals surface area contributed by atoms with Crippen LogP contribution in [-0.2, 0) is 9.59 Å². The van der Waals surface area contributed by atoms with E-state index in [-0.39, 0.29) is 5.92 Å². The second-order valence-electron chi connectivity index (χ2n) is 2.83. The lowest BCUT2D eigenvalue weighted by Crippen LogP contribution is -2.40. The highest BCUT2D eigenvalue weighted by molar-refractivity contribution is 5.77. The second kappa shape index (κ2) is 5.01. The molecule has 1 aliphatic rings. The molecule has 0 saturated heterocycles. The Labute approximate surface area is 81.6 Å². The van der Waals surface area contributed by atoms with Gasteiger partial charge in [0, 0.05) is 5.92 Å². The van der Waals surface area contributed by atoms with Crippen LogP contribution in [0, 0.1) is 5.92 Å². The quantitative estimate of drug-likeness (QED) is 0.638. The van der Waals surface area contributed by atoms with Crippen molar-refractivity contribution >= 4 is 12.4 Å². The van der Waals surface area contributed by atoms with E-state index in [0.717, 1.165) is 0 Å². The molecule has 0 aromatic carbocycles. The molecule has 1 aliphatic carbocycles. The number of amides is 1. The van der Waals surface area contributed by atoms with Crippen molar-refractivity contribution in [2.45, 2.75) is 6.04 Å². The molecule has 14 heavy (non-hydrogen) atoms. The number of carbonyl (C=O) groups is 2. The van der Waals surface area contributed by atoms with Gasteiger partial charge in [0.2, 0.25) is 6.41 Å². The zero-order valence-electron chi connectivity index (χ0n) is 7.46. The van der Waals surface area contributed by atoms with E-state index in [9.17, 15) is 9.59 Å². The fourth-order valence-electron chi connectivity index (χ4n) is 1.22. The van der Waals surface area contributed by atoms with E-state index in [1.807, 2.05) is 0 Å². The van der Waals surface area contributed by atoms with Crippen LogP contribution in [0.15, 0.2) is 36.5 Å². The van der Waals surface area contributed by atoms with Crippen LogP contribution < -0.4 is 5.32 Å². The van der Waals surface area contributed by atoms with Gasteiger partial charge in [0.15, 0.2) is 0 Å². The van der Waals surface area contributed by atoms with Crippen LogP contribution in [0.25, 0.3) is 0 Å². The third-order valence-electron chi connectivity index (χ3n) is 1.90. The Kier molecular flexibility index (Phi) is 3.67. The molecule has 4 heteroatoms. The van der Waals surface area contributed by atoms with E-state index in [1.165, 1.54) is 0 Å². The van der Waals surface area contributed by atoms with Crippen LogP contribution >= 0.6 is 0 Å². The number of nitrogens with one attached hydrogen (secondary N) is 1. The fraction of sp³-hybridized carbons (Fsp3) is 0.200. The smallest absolute Gasteiger partial charge is 0.327 e. The van der Waals surface area contributed by atoms with E-state index >= 15 is 0 Å². The molecule has 0 radical (unpaired) electrons. The van der Waals surface area contributed by atoms with Crippen LogP contribution in [0.3, 0.4) is 0 Å². The maximum atomic E-state index is 10.8. The van der Waals surface area contributed by atoms with Crippen molar-refractivity contribution in [3.05, 3.63) is 36.5 Å². The Morgan fingerprint density at radius 2 is 1.86 bits per heavy atom. The largest absolute Gasteiger partial charge is 0.480 e. The number of carboxylic acids is 1. The van der Waals surface area contributed by atoms with Crippen LogP contribution in [0.1, 0.15) is 0 Å². The van der Waals surface area contributed by atoms with E-state index in [4.69, 9.17) is 5.11 Å². The zero-order valence-corrected chi connectivity index (χ0v) is 7.46. The van der Waals surface area contributed by atoms with Crippen molar-refractivity contribution in [3.8, 4) is 0 Å². The van der Waals surface area contributed by atoms with Gasteiger partial charge in [-0.05, 0) is 0 Å². The number of allylic oxidation sites excluding steroid dienone is 4. The van der Waals surface area contributed by atoms with Crippen LogP contribution in [-0.4, -0.2) is 23.5 Å². The molecule has 74 valence electrons. The van der Waals surface area contributed by atoms with Crippen molar-refractivity contribution in [2.24, 2.45) is 5.92 Å². The van der Waals surface area contributed by atoms with Gasteiger partial charge < -0.3 is 10.4 Å². The van der Waals surface area contributed by atoms with Gasteiger partial charge in [-0.25, -0.2) is 4.79 Å². The van der Waals surface area contributed by atoms with E-state index < -0.39 is 12.0 Å². The summed E-state index contributed by atoms with van der Waals surface area (Å²) in [5.74, 6) is -1.36. The summed E-state index contributed by atoms with van der Waals surface area (Å²) >= 11 is 0. The lowest BCUT2D eigenvalue weighted by molar-refractivity contribution is -0.141. The molecule has 0 spiro atoms. The molecule has 0 aliphatic heterocycles. The van der Waals surface area contributed by atoms with E-state index in [0.29, 0.717) is 6.41 Å². The maximum absolute atomic E-state index is 10.8. The molecular formula is C10H11NO3. The predicted octanol–water partition coefficient (Wildman–Crippen LogP) is 0.484. The molecule has 0 heterocycles. The van der Waals surface area contributed by atoms with E-state index in [1.54, 1.807) is 36.5 Å². The lowest BCUT2D eigenvalue weighted by Gasteiger charge is -2.16. The Balaban J connectivity index is 2.77. The summed E-state index contributed by atoms with van der Waals surface area (Å²) in [6, 6.07) is -0.903. The summed E-state index contributed by atoms with van der Waals surface area (Å²) in [6.45, 7) is 0. The Bertz CT molecular complexity index is 288. The molecule has 0 aromatic heterocycles. The number of rotatable bonds is 4. The van der Waals surface area contributed by atoms with Gasteiger partial charge in [-0.15, -0.1) is 0 Å². The van der Waals surface area contributed by atoms with Crippen LogP contribution in [0.5, 0.6) is 0 Å². The van der Waals surface area contributed by atoms with Crippen LogP contribution in [0.2, 0.25) is 0 Å². The first-order valence-electron chi connectivity index (χ1n) is 4.20. The molecule has 0 fully saturated rings. The van der Waals surface area contributed by atoms with Gasteiger partial charge in [-0.3, -0.25) is 4.79 Å². The first-order chi connectivity index (χ1) is 6.75. The van der Waals surface area contributed by atoms with Crippen molar-refractivity contribution in [1.29, 1.82) is 0 Å². The maximum Gasteiger partial charge on any atom is 0.327 e. The van der Waals surface area contributed by atoms with Crippen molar-refractivity contribution in [3.63, 3.8) is 0 Å². The second-order valence-corrected chi connectivity index (χ2v) is 2.83. The average molecular weight is 193 g/mol. The monoisotopic (exact) mass is 193 g/mol. The molecule has 0 bridgehead atoms. The summed E-state index contributed by atoms with van der Waals surface area (Å²) in [7, 11) is 0. The Morgan fingerprint density at radius 1 is 1.29 bits per heavy atom. The summed E-state index contributed by atoms with van der Waals surface area (Å²) in [5, 5.41) is 11.1. The van der Waals surface area contributed by atoms with Gasteiger partial charge >= 0.3 is 5.97 Å². The highest BCUT2D eigenvalue weighted by Crippen LogP contribution is 2.11. The zero-order chi connectivity index (χ0) is 10.4. The van der Waals surface area contributed by atoms with Gasteiger partial charge in [-0.1, -0.05) is 36.5 Å². The normalized spacial score (nSPS) is 17.4. The highest BCUT2D eigenvalue weighted by Gasteiger charge is 2.23. The molecule has 1 amide bonds. The molecule has 0 aromatic rings. The average Bonchev–Trinajstić information content (AvgIpc) is 2.41. The molecular weight excluding hydrogens is 182 g/mol. The predicted molar refractivity (Wildman–Crippen MR) is 51.5 cm³/mol. The summed E-state index contributed by atoms with van der Waals surface area (Å²) in [6.07, 6.45) is 11.0. The molecule has 2 N–H and O–H groups in total. The summed E-state index contributed by atoms with van der Waals surface area (Å²) in [5.41, 5.74) is 0. The SMILES string of the molecule is O=CNC(C(=O)O)C1C=CC=CC=C1.